The number of rotatable bonds is 4. The molecule has 5 rings (SSSR count). The molecule has 0 bridgehead atoms. The Morgan fingerprint density at radius 2 is 1.76 bits per heavy atom. The van der Waals surface area contributed by atoms with Gasteiger partial charge in [0, 0.05) is 23.0 Å². The number of nitrogens with one attached hydrogen (secondary N) is 2. The average molecular weight is 522 g/mol. The van der Waals surface area contributed by atoms with Crippen molar-refractivity contribution in [1.82, 2.24) is 5.32 Å². The molecular formula is C23H19Cl3N4O4. The summed E-state index contributed by atoms with van der Waals surface area (Å²) >= 11 is 18.4. The van der Waals surface area contributed by atoms with Crippen LogP contribution in [0.5, 0.6) is 0 Å². The van der Waals surface area contributed by atoms with Gasteiger partial charge in [-0.05, 0) is 43.2 Å². The second-order valence-electron chi connectivity index (χ2n) is 8.73. The SMILES string of the molecule is Cc1c(Cl)ccc2c1NC(=O)[C@@]21N[C@@H](CCC(N)=O)[C@H]2C(=O)N(c3ccc(Cl)c(Cl)c3)C(=O)[C@H]21. The van der Waals surface area contributed by atoms with Crippen LogP contribution in [0.1, 0.15) is 24.0 Å². The van der Waals surface area contributed by atoms with Gasteiger partial charge in [0.25, 0.3) is 0 Å². The number of nitrogens with zero attached hydrogens (tertiary/aromatic N) is 1. The van der Waals surface area contributed by atoms with Crippen LogP contribution >= 0.6 is 34.8 Å². The van der Waals surface area contributed by atoms with E-state index in [9.17, 15) is 19.2 Å². The summed E-state index contributed by atoms with van der Waals surface area (Å²) in [5, 5.41) is 7.02. The van der Waals surface area contributed by atoms with E-state index in [0.717, 1.165) is 4.90 Å². The number of nitrogens with two attached hydrogens (primary N) is 1. The first-order valence-corrected chi connectivity index (χ1v) is 11.7. The van der Waals surface area contributed by atoms with Crippen molar-refractivity contribution in [2.45, 2.75) is 31.3 Å². The lowest BCUT2D eigenvalue weighted by Crippen LogP contribution is -2.53. The Balaban J connectivity index is 1.67. The van der Waals surface area contributed by atoms with Crippen molar-refractivity contribution < 1.29 is 19.2 Å². The normalized spacial score (nSPS) is 27.4. The van der Waals surface area contributed by atoms with Gasteiger partial charge in [0.05, 0.1) is 33.3 Å². The van der Waals surface area contributed by atoms with Crippen molar-refractivity contribution in [3.05, 3.63) is 56.5 Å². The van der Waals surface area contributed by atoms with Gasteiger partial charge in [-0.3, -0.25) is 24.5 Å². The van der Waals surface area contributed by atoms with E-state index in [1.54, 1.807) is 19.1 Å². The third-order valence-electron chi connectivity index (χ3n) is 6.95. The van der Waals surface area contributed by atoms with E-state index < -0.39 is 47.0 Å². The van der Waals surface area contributed by atoms with Crippen molar-refractivity contribution in [3.8, 4) is 0 Å². The highest BCUT2D eigenvalue weighted by atomic mass is 35.5. The smallest absolute Gasteiger partial charge is 0.250 e. The molecule has 1 spiro atoms. The molecule has 0 unspecified atom stereocenters. The van der Waals surface area contributed by atoms with Crippen LogP contribution in [0.4, 0.5) is 11.4 Å². The van der Waals surface area contributed by atoms with Crippen LogP contribution in [0.25, 0.3) is 0 Å². The fourth-order valence-corrected chi connectivity index (χ4v) is 5.86. The molecule has 4 atom stereocenters. The maximum Gasteiger partial charge on any atom is 0.250 e. The summed E-state index contributed by atoms with van der Waals surface area (Å²) in [5.41, 5.74) is 5.80. The molecule has 3 aliphatic heterocycles. The fraction of sp³-hybridized carbons (Fsp3) is 0.304. The first kappa shape index (κ1) is 23.1. The van der Waals surface area contributed by atoms with Crippen LogP contribution in [0, 0.1) is 18.8 Å². The van der Waals surface area contributed by atoms with Crippen LogP contribution in [0.15, 0.2) is 30.3 Å². The minimum atomic E-state index is -1.50. The number of amides is 4. The molecule has 0 aliphatic carbocycles. The van der Waals surface area contributed by atoms with Gasteiger partial charge in [0.2, 0.25) is 23.6 Å². The highest BCUT2D eigenvalue weighted by Crippen LogP contribution is 2.55. The lowest BCUT2D eigenvalue weighted by molar-refractivity contribution is -0.130. The number of halogens is 3. The fourth-order valence-electron chi connectivity index (χ4n) is 5.41. The minimum absolute atomic E-state index is 0.0146. The third-order valence-corrected chi connectivity index (χ3v) is 8.10. The van der Waals surface area contributed by atoms with E-state index in [4.69, 9.17) is 40.5 Å². The molecule has 4 amide bonds. The van der Waals surface area contributed by atoms with Crippen molar-refractivity contribution >= 4 is 69.8 Å². The van der Waals surface area contributed by atoms with E-state index >= 15 is 0 Å². The molecule has 4 N–H and O–H groups in total. The number of carbonyl (C=O) groups excluding carboxylic acids is 4. The second-order valence-corrected chi connectivity index (χ2v) is 9.95. The molecule has 0 radical (unpaired) electrons. The number of anilines is 2. The molecule has 2 aromatic carbocycles. The number of carbonyl (C=O) groups is 4. The Hall–Kier alpha value is -2.65. The number of imide groups is 1. The number of hydrogen-bond acceptors (Lipinski definition) is 5. The topological polar surface area (TPSA) is 122 Å². The number of benzene rings is 2. The zero-order chi connectivity index (χ0) is 24.5. The molecular weight excluding hydrogens is 503 g/mol. The third kappa shape index (κ3) is 3.09. The Morgan fingerprint density at radius 3 is 2.44 bits per heavy atom. The molecule has 3 heterocycles. The Morgan fingerprint density at radius 1 is 1.06 bits per heavy atom. The average Bonchev–Trinajstić information content (AvgIpc) is 3.36. The molecule has 176 valence electrons. The van der Waals surface area contributed by atoms with Crippen LogP contribution < -0.4 is 21.3 Å². The van der Waals surface area contributed by atoms with Gasteiger partial charge < -0.3 is 11.1 Å². The summed E-state index contributed by atoms with van der Waals surface area (Å²) < 4.78 is 0. The highest BCUT2D eigenvalue weighted by Gasteiger charge is 2.70. The van der Waals surface area contributed by atoms with E-state index in [2.05, 4.69) is 10.6 Å². The zero-order valence-corrected chi connectivity index (χ0v) is 20.1. The van der Waals surface area contributed by atoms with Crippen LogP contribution in [-0.4, -0.2) is 29.7 Å². The lowest BCUT2D eigenvalue weighted by Gasteiger charge is -2.29. The Bertz CT molecular complexity index is 1300. The van der Waals surface area contributed by atoms with Gasteiger partial charge in [-0.2, -0.15) is 0 Å². The zero-order valence-electron chi connectivity index (χ0n) is 17.8. The molecule has 8 nitrogen and oxygen atoms in total. The highest BCUT2D eigenvalue weighted by molar-refractivity contribution is 6.42. The number of primary amides is 1. The molecule has 2 fully saturated rings. The monoisotopic (exact) mass is 520 g/mol. The Kier molecular flexibility index (Phi) is 5.40. The summed E-state index contributed by atoms with van der Waals surface area (Å²) in [5.74, 6) is -3.97. The largest absolute Gasteiger partial charge is 0.370 e. The van der Waals surface area contributed by atoms with Crippen LogP contribution in [0.2, 0.25) is 15.1 Å². The predicted molar refractivity (Wildman–Crippen MR) is 128 cm³/mol. The second kappa shape index (κ2) is 7.95. The number of fused-ring (bicyclic) bond motifs is 4. The molecule has 34 heavy (non-hydrogen) atoms. The van der Waals surface area contributed by atoms with Gasteiger partial charge in [0.1, 0.15) is 5.54 Å². The summed E-state index contributed by atoms with van der Waals surface area (Å²) in [4.78, 5) is 53.6. The lowest BCUT2D eigenvalue weighted by atomic mass is 9.76. The summed E-state index contributed by atoms with van der Waals surface area (Å²) in [6, 6.07) is 7.15. The van der Waals surface area contributed by atoms with Crippen molar-refractivity contribution in [2.24, 2.45) is 17.6 Å². The van der Waals surface area contributed by atoms with E-state index in [1.165, 1.54) is 18.2 Å². The van der Waals surface area contributed by atoms with E-state index in [-0.39, 0.29) is 28.6 Å². The maximum absolute atomic E-state index is 13.8. The van der Waals surface area contributed by atoms with Gasteiger partial charge in [0.15, 0.2) is 0 Å². The summed E-state index contributed by atoms with van der Waals surface area (Å²) in [6.45, 7) is 1.76. The number of hydrogen-bond donors (Lipinski definition) is 3. The molecule has 0 aromatic heterocycles. The van der Waals surface area contributed by atoms with Crippen LogP contribution in [0.3, 0.4) is 0 Å². The molecule has 2 aromatic rings. The van der Waals surface area contributed by atoms with E-state index in [0.29, 0.717) is 21.8 Å². The molecule has 0 saturated carbocycles. The predicted octanol–water partition coefficient (Wildman–Crippen LogP) is 3.15. The maximum atomic E-state index is 13.8. The molecule has 3 aliphatic rings. The quantitative estimate of drug-likeness (QED) is 0.534. The van der Waals surface area contributed by atoms with E-state index in [1.807, 2.05) is 0 Å². The van der Waals surface area contributed by atoms with Gasteiger partial charge >= 0.3 is 0 Å². The molecule has 11 heteroatoms. The van der Waals surface area contributed by atoms with Gasteiger partial charge in [-0.25, -0.2) is 4.90 Å². The van der Waals surface area contributed by atoms with Crippen molar-refractivity contribution in [3.63, 3.8) is 0 Å². The van der Waals surface area contributed by atoms with Crippen LogP contribution in [-0.2, 0) is 24.7 Å². The molecule has 2 saturated heterocycles. The van der Waals surface area contributed by atoms with Crippen molar-refractivity contribution in [2.75, 3.05) is 10.2 Å². The van der Waals surface area contributed by atoms with Gasteiger partial charge in [-0.1, -0.05) is 40.9 Å². The summed E-state index contributed by atoms with van der Waals surface area (Å²) in [6.07, 6.45) is 0.168. The van der Waals surface area contributed by atoms with Gasteiger partial charge in [-0.15, -0.1) is 0 Å². The first-order chi connectivity index (χ1) is 16.1. The minimum Gasteiger partial charge on any atom is -0.370 e. The first-order valence-electron chi connectivity index (χ1n) is 10.6. The summed E-state index contributed by atoms with van der Waals surface area (Å²) in [7, 11) is 0. The van der Waals surface area contributed by atoms with Crippen molar-refractivity contribution in [1.29, 1.82) is 0 Å². The Labute approximate surface area is 209 Å². The standard InChI is InChI=1S/C23H19Cl3N4O4/c1-9-12(24)5-3-11-19(9)28-22(34)23(11)18-17(15(29-23)6-7-16(27)31)20(32)30(21(18)33)10-2-4-13(25)14(26)8-10/h2-5,8,15,17-18,29H,6-7H2,1H3,(H2,27,31)(H,28,34)/t15-,17+,18-,23+/m0/s1.